The summed E-state index contributed by atoms with van der Waals surface area (Å²) in [6, 6.07) is 14.4. The van der Waals surface area contributed by atoms with Gasteiger partial charge in [0.15, 0.2) is 16.8 Å². The molecule has 30 heavy (non-hydrogen) atoms. The number of Topliss-reactive ketones (excluding diaryl/α,β-unsaturated/α-hetero) is 1. The zero-order valence-corrected chi connectivity index (χ0v) is 19.5. The third-order valence-corrected chi connectivity index (χ3v) is 6.18. The van der Waals surface area contributed by atoms with Crippen LogP contribution in [-0.2, 0) is 6.54 Å². The normalized spacial score (nSPS) is 11.9. The molecule has 1 N–H and O–H groups in total. The lowest BCUT2D eigenvalue weighted by atomic mass is 10.1. The van der Waals surface area contributed by atoms with Gasteiger partial charge in [-0.1, -0.05) is 58.0 Å². The second kappa shape index (κ2) is 10.0. The Morgan fingerprint density at radius 2 is 1.83 bits per heavy atom. The summed E-state index contributed by atoms with van der Waals surface area (Å²) in [6.45, 7) is 6.42. The van der Waals surface area contributed by atoms with Crippen molar-refractivity contribution in [3.05, 3.63) is 75.5 Å². The van der Waals surface area contributed by atoms with Gasteiger partial charge in [-0.3, -0.25) is 9.59 Å². The molecule has 0 saturated carbocycles. The molecule has 156 valence electrons. The third kappa shape index (κ3) is 5.17. The fourth-order valence-electron chi connectivity index (χ4n) is 3.04. The van der Waals surface area contributed by atoms with Gasteiger partial charge in [-0.25, -0.2) is 0 Å². The van der Waals surface area contributed by atoms with E-state index < -0.39 is 0 Å². The number of hydrogen-bond donors (Lipinski definition) is 1. The Morgan fingerprint density at radius 3 is 2.50 bits per heavy atom. The van der Waals surface area contributed by atoms with Gasteiger partial charge in [-0.2, -0.15) is 0 Å². The fourth-order valence-corrected chi connectivity index (χ4v) is 4.21. The third-order valence-electron chi connectivity index (χ3n) is 4.68. The zero-order chi connectivity index (χ0) is 21.7. The molecule has 0 spiro atoms. The molecule has 1 amide bonds. The zero-order valence-electron chi connectivity index (χ0n) is 17.1. The first-order chi connectivity index (χ1) is 14.4. The molecule has 6 nitrogen and oxygen atoms in total. The van der Waals surface area contributed by atoms with Crippen molar-refractivity contribution >= 4 is 39.4 Å². The van der Waals surface area contributed by atoms with Crippen LogP contribution in [0.2, 0.25) is 0 Å². The number of ketones is 1. The Morgan fingerprint density at radius 1 is 1.13 bits per heavy atom. The van der Waals surface area contributed by atoms with Crippen LogP contribution in [0.15, 0.2) is 58.2 Å². The summed E-state index contributed by atoms with van der Waals surface area (Å²) in [5.41, 5.74) is 2.22. The molecule has 3 aromatic rings. The molecule has 1 heterocycles. The largest absolute Gasteiger partial charge is 0.342 e. The van der Waals surface area contributed by atoms with Crippen molar-refractivity contribution in [1.29, 1.82) is 0 Å². The van der Waals surface area contributed by atoms with E-state index in [1.807, 2.05) is 55.7 Å². The smallest absolute Gasteiger partial charge is 0.252 e. The summed E-state index contributed by atoms with van der Waals surface area (Å²) in [5.74, 6) is 0.813. The number of aryl methyl sites for hydroxylation is 1. The molecule has 0 aliphatic heterocycles. The van der Waals surface area contributed by atoms with Crippen LogP contribution in [0.3, 0.4) is 0 Å². The summed E-state index contributed by atoms with van der Waals surface area (Å²) in [4.78, 5) is 25.1. The van der Waals surface area contributed by atoms with Gasteiger partial charge < -0.3 is 9.88 Å². The molecular formula is C22H23BrN4O2S. The van der Waals surface area contributed by atoms with Gasteiger partial charge in [-0.15, -0.1) is 10.2 Å². The lowest BCUT2D eigenvalue weighted by molar-refractivity contribution is 0.0936. The van der Waals surface area contributed by atoms with Crippen LogP contribution < -0.4 is 5.32 Å². The SMILES string of the molecule is CCn1c(SCC(=O)c2ccc(Br)cc2)nnc1[C@H](C)NC(=O)c1ccccc1C. The van der Waals surface area contributed by atoms with Crippen LogP contribution >= 0.6 is 27.7 Å². The number of carbonyl (C=O) groups excluding carboxylic acids is 2. The lowest BCUT2D eigenvalue weighted by Crippen LogP contribution is -2.29. The summed E-state index contributed by atoms with van der Waals surface area (Å²) in [6.07, 6.45) is 0. The molecule has 0 aliphatic carbocycles. The number of benzene rings is 2. The summed E-state index contributed by atoms with van der Waals surface area (Å²) < 4.78 is 2.87. The van der Waals surface area contributed by atoms with Gasteiger partial charge in [0, 0.05) is 22.1 Å². The Hall–Kier alpha value is -2.45. The number of nitrogens with one attached hydrogen (secondary N) is 1. The van der Waals surface area contributed by atoms with E-state index in [0.29, 0.717) is 28.7 Å². The number of halogens is 1. The Labute approximate surface area is 188 Å². The van der Waals surface area contributed by atoms with Crippen LogP contribution in [0.5, 0.6) is 0 Å². The first-order valence-corrected chi connectivity index (χ1v) is 11.4. The van der Waals surface area contributed by atoms with Gasteiger partial charge in [0.05, 0.1) is 11.8 Å². The average molecular weight is 487 g/mol. The van der Waals surface area contributed by atoms with Crippen LogP contribution in [0.1, 0.15) is 52.0 Å². The predicted octanol–water partition coefficient (Wildman–Crippen LogP) is 4.83. The monoisotopic (exact) mass is 486 g/mol. The van der Waals surface area contributed by atoms with Gasteiger partial charge in [-0.05, 0) is 44.5 Å². The average Bonchev–Trinajstić information content (AvgIpc) is 3.15. The fraction of sp³-hybridized carbons (Fsp3) is 0.273. The maximum absolute atomic E-state index is 12.6. The van der Waals surface area contributed by atoms with Crippen LogP contribution in [-0.4, -0.2) is 32.2 Å². The second-order valence-corrected chi connectivity index (χ2v) is 8.67. The molecule has 0 unspecified atom stereocenters. The summed E-state index contributed by atoms with van der Waals surface area (Å²) >= 11 is 4.72. The minimum Gasteiger partial charge on any atom is -0.342 e. The molecule has 0 radical (unpaired) electrons. The van der Waals surface area contributed by atoms with Crippen molar-refractivity contribution in [3.8, 4) is 0 Å². The molecule has 0 aliphatic rings. The van der Waals surface area contributed by atoms with Crippen molar-refractivity contribution in [1.82, 2.24) is 20.1 Å². The standard InChI is InChI=1S/C22H23BrN4O2S/c1-4-27-20(15(3)24-21(29)18-8-6-5-7-14(18)2)25-26-22(27)30-13-19(28)16-9-11-17(23)12-10-16/h5-12,15H,4,13H2,1-3H3,(H,24,29)/t15-/m0/s1. The van der Waals surface area contributed by atoms with Crippen molar-refractivity contribution in [2.24, 2.45) is 0 Å². The van der Waals surface area contributed by atoms with E-state index in [9.17, 15) is 9.59 Å². The van der Waals surface area contributed by atoms with Gasteiger partial charge in [0.1, 0.15) is 0 Å². The molecule has 0 fully saturated rings. The van der Waals surface area contributed by atoms with Crippen LogP contribution in [0.25, 0.3) is 0 Å². The van der Waals surface area contributed by atoms with E-state index in [0.717, 1.165) is 10.0 Å². The van der Waals surface area contributed by atoms with Gasteiger partial charge >= 0.3 is 0 Å². The van der Waals surface area contributed by atoms with Crippen LogP contribution in [0.4, 0.5) is 0 Å². The first kappa shape index (κ1) is 22.2. The van der Waals surface area contributed by atoms with Crippen molar-refractivity contribution in [2.45, 2.75) is 38.5 Å². The number of carbonyl (C=O) groups is 2. The van der Waals surface area contributed by atoms with Gasteiger partial charge in [0.2, 0.25) is 0 Å². The minimum absolute atomic E-state index is 0.0283. The van der Waals surface area contributed by atoms with E-state index in [1.165, 1.54) is 11.8 Å². The number of aromatic nitrogens is 3. The molecule has 0 saturated heterocycles. The predicted molar refractivity (Wildman–Crippen MR) is 122 cm³/mol. The maximum Gasteiger partial charge on any atom is 0.252 e. The van der Waals surface area contributed by atoms with Crippen molar-refractivity contribution in [3.63, 3.8) is 0 Å². The molecule has 3 rings (SSSR count). The summed E-state index contributed by atoms with van der Waals surface area (Å²) in [5, 5.41) is 12.2. The molecule has 2 aromatic carbocycles. The minimum atomic E-state index is -0.318. The van der Waals surface area contributed by atoms with Gasteiger partial charge in [0.25, 0.3) is 5.91 Å². The quantitative estimate of drug-likeness (QED) is 0.364. The molecule has 8 heteroatoms. The summed E-state index contributed by atoms with van der Waals surface area (Å²) in [7, 11) is 0. The Balaban J connectivity index is 1.68. The Kier molecular flexibility index (Phi) is 7.44. The van der Waals surface area contributed by atoms with E-state index in [2.05, 4.69) is 31.4 Å². The highest BCUT2D eigenvalue weighted by molar-refractivity contribution is 9.10. The molecule has 1 aromatic heterocycles. The maximum atomic E-state index is 12.6. The number of thioether (sulfide) groups is 1. The number of nitrogens with zero attached hydrogens (tertiary/aromatic N) is 3. The van der Waals surface area contributed by atoms with Crippen molar-refractivity contribution in [2.75, 3.05) is 5.75 Å². The topological polar surface area (TPSA) is 76.9 Å². The highest BCUT2D eigenvalue weighted by Crippen LogP contribution is 2.22. The highest BCUT2D eigenvalue weighted by atomic mass is 79.9. The first-order valence-electron chi connectivity index (χ1n) is 9.61. The number of hydrogen-bond acceptors (Lipinski definition) is 5. The van der Waals surface area contributed by atoms with E-state index >= 15 is 0 Å². The van der Waals surface area contributed by atoms with E-state index in [1.54, 1.807) is 18.2 Å². The van der Waals surface area contributed by atoms with E-state index in [4.69, 9.17) is 0 Å². The molecule has 0 bridgehead atoms. The lowest BCUT2D eigenvalue weighted by Gasteiger charge is -2.16. The van der Waals surface area contributed by atoms with Crippen molar-refractivity contribution < 1.29 is 9.59 Å². The van der Waals surface area contributed by atoms with E-state index in [-0.39, 0.29) is 23.5 Å². The number of amides is 1. The molecule has 1 atom stereocenters. The Bertz CT molecular complexity index is 1050. The second-order valence-electron chi connectivity index (χ2n) is 6.81. The highest BCUT2D eigenvalue weighted by Gasteiger charge is 2.21. The number of rotatable bonds is 8. The van der Waals surface area contributed by atoms with Crippen LogP contribution in [0, 0.1) is 6.92 Å². The molecular weight excluding hydrogens is 464 g/mol.